The van der Waals surface area contributed by atoms with Gasteiger partial charge in [-0.05, 0) is 49.6 Å². The molecule has 0 spiro atoms. The number of aromatic nitrogens is 2. The standard InChI is InChI=1S/C23H23F2N5O2/c1-13-16-8-7-15(10-18(16)28-27-13)26-17-5-2-4-14-11-29(23(32)21(14)17)12-20(31)30-9-3-6-19(30)22(24)25/h2,4-5,7-8,10,19,22,26H,3,6,9,11-12H2,1H3,(H,27,28)/t19-/m0/s1. The lowest BCUT2D eigenvalue weighted by Crippen LogP contribution is -2.45. The predicted molar refractivity (Wildman–Crippen MR) is 116 cm³/mol. The highest BCUT2D eigenvalue weighted by molar-refractivity contribution is 6.05. The van der Waals surface area contributed by atoms with Gasteiger partial charge in [-0.15, -0.1) is 0 Å². The van der Waals surface area contributed by atoms with Crippen LogP contribution in [0.4, 0.5) is 20.2 Å². The Balaban J connectivity index is 1.35. The molecule has 2 N–H and O–H groups in total. The second kappa shape index (κ2) is 7.89. The van der Waals surface area contributed by atoms with Crippen molar-refractivity contribution in [3.63, 3.8) is 0 Å². The zero-order valence-corrected chi connectivity index (χ0v) is 17.6. The highest BCUT2D eigenvalue weighted by Crippen LogP contribution is 2.32. The van der Waals surface area contributed by atoms with E-state index in [9.17, 15) is 18.4 Å². The Bertz CT molecular complexity index is 1210. The summed E-state index contributed by atoms with van der Waals surface area (Å²) in [4.78, 5) is 28.5. The minimum atomic E-state index is -2.57. The summed E-state index contributed by atoms with van der Waals surface area (Å²) >= 11 is 0. The molecule has 2 aliphatic heterocycles. The number of alkyl halides is 2. The highest BCUT2D eigenvalue weighted by Gasteiger charge is 2.38. The Morgan fingerprint density at radius 2 is 2.16 bits per heavy atom. The van der Waals surface area contributed by atoms with Crippen LogP contribution in [-0.2, 0) is 11.3 Å². The van der Waals surface area contributed by atoms with Crippen molar-refractivity contribution in [3.8, 4) is 0 Å². The molecule has 3 heterocycles. The number of benzene rings is 2. The molecular formula is C23H23F2N5O2. The second-order valence-electron chi connectivity index (χ2n) is 8.33. The van der Waals surface area contributed by atoms with Gasteiger partial charge in [-0.25, -0.2) is 8.78 Å². The molecule has 1 fully saturated rings. The van der Waals surface area contributed by atoms with Crippen molar-refractivity contribution in [1.82, 2.24) is 20.0 Å². The smallest absolute Gasteiger partial charge is 0.258 e. The van der Waals surface area contributed by atoms with Gasteiger partial charge in [-0.1, -0.05) is 12.1 Å². The number of hydrogen-bond donors (Lipinski definition) is 2. The number of amides is 2. The van der Waals surface area contributed by atoms with Crippen LogP contribution in [-0.4, -0.2) is 57.4 Å². The van der Waals surface area contributed by atoms with E-state index in [1.165, 1.54) is 9.80 Å². The van der Waals surface area contributed by atoms with Crippen LogP contribution in [0.1, 0.15) is 34.5 Å². The highest BCUT2D eigenvalue weighted by atomic mass is 19.3. The van der Waals surface area contributed by atoms with Gasteiger partial charge in [0.2, 0.25) is 5.91 Å². The molecule has 9 heteroatoms. The zero-order valence-electron chi connectivity index (χ0n) is 17.6. The van der Waals surface area contributed by atoms with Gasteiger partial charge < -0.3 is 15.1 Å². The molecule has 166 valence electrons. The van der Waals surface area contributed by atoms with Crippen molar-refractivity contribution in [2.45, 2.75) is 38.8 Å². The molecule has 2 aliphatic rings. The number of nitrogens with one attached hydrogen (secondary N) is 2. The summed E-state index contributed by atoms with van der Waals surface area (Å²) < 4.78 is 26.5. The molecular weight excluding hydrogens is 416 g/mol. The number of aromatic amines is 1. The van der Waals surface area contributed by atoms with E-state index in [-0.39, 0.29) is 19.0 Å². The number of H-pyrrole nitrogens is 1. The normalized spacial score (nSPS) is 18.1. The van der Waals surface area contributed by atoms with Crippen LogP contribution >= 0.6 is 0 Å². The Morgan fingerprint density at radius 1 is 1.31 bits per heavy atom. The zero-order chi connectivity index (χ0) is 22.4. The Kier molecular flexibility index (Phi) is 5.03. The number of hydrogen-bond acceptors (Lipinski definition) is 4. The Morgan fingerprint density at radius 3 is 2.97 bits per heavy atom. The molecule has 3 aromatic rings. The third-order valence-corrected chi connectivity index (χ3v) is 6.28. The van der Waals surface area contributed by atoms with E-state index in [0.717, 1.165) is 27.8 Å². The van der Waals surface area contributed by atoms with Crippen molar-refractivity contribution in [1.29, 1.82) is 0 Å². The number of nitrogens with zero attached hydrogens (tertiary/aromatic N) is 3. The molecule has 0 aliphatic carbocycles. The Labute approximate surface area is 183 Å². The van der Waals surface area contributed by atoms with Crippen LogP contribution in [0.3, 0.4) is 0 Å². The molecule has 1 aromatic heterocycles. The SMILES string of the molecule is Cc1n[nH]c2cc(Nc3cccc4c3C(=O)N(CC(=O)N3CCC[C@H]3C(F)F)C4)ccc12. The van der Waals surface area contributed by atoms with Crippen molar-refractivity contribution >= 4 is 34.1 Å². The maximum Gasteiger partial charge on any atom is 0.258 e. The number of carbonyl (C=O) groups excluding carboxylic acids is 2. The lowest BCUT2D eigenvalue weighted by Gasteiger charge is -2.26. The number of rotatable bonds is 5. The van der Waals surface area contributed by atoms with Gasteiger partial charge in [0.25, 0.3) is 12.3 Å². The predicted octanol–water partition coefficient (Wildman–Crippen LogP) is 3.83. The quantitative estimate of drug-likeness (QED) is 0.633. The van der Waals surface area contributed by atoms with E-state index < -0.39 is 18.4 Å². The number of carbonyl (C=O) groups is 2. The van der Waals surface area contributed by atoms with E-state index >= 15 is 0 Å². The third-order valence-electron chi connectivity index (χ3n) is 6.28. The molecule has 32 heavy (non-hydrogen) atoms. The summed E-state index contributed by atoms with van der Waals surface area (Å²) in [7, 11) is 0. The topological polar surface area (TPSA) is 81.3 Å². The van der Waals surface area contributed by atoms with Crippen molar-refractivity contribution in [3.05, 3.63) is 53.2 Å². The summed E-state index contributed by atoms with van der Waals surface area (Å²) in [6.07, 6.45) is -1.71. The lowest BCUT2D eigenvalue weighted by atomic mass is 10.1. The van der Waals surface area contributed by atoms with Gasteiger partial charge in [0.05, 0.1) is 28.5 Å². The second-order valence-corrected chi connectivity index (χ2v) is 8.33. The van der Waals surface area contributed by atoms with Crippen LogP contribution in [0.5, 0.6) is 0 Å². The van der Waals surface area contributed by atoms with Gasteiger partial charge in [0.1, 0.15) is 6.54 Å². The van der Waals surface area contributed by atoms with E-state index in [1.54, 1.807) is 0 Å². The Hall–Kier alpha value is -3.49. The monoisotopic (exact) mass is 439 g/mol. The van der Waals surface area contributed by atoms with Gasteiger partial charge in [-0.2, -0.15) is 5.10 Å². The van der Waals surface area contributed by atoms with Gasteiger partial charge in [0.15, 0.2) is 0 Å². The fraction of sp³-hybridized carbons (Fsp3) is 0.348. The van der Waals surface area contributed by atoms with Crippen LogP contribution in [0.25, 0.3) is 10.9 Å². The molecule has 0 saturated carbocycles. The average molecular weight is 439 g/mol. The lowest BCUT2D eigenvalue weighted by molar-refractivity contribution is -0.135. The van der Waals surface area contributed by atoms with Crippen LogP contribution in [0.2, 0.25) is 0 Å². The average Bonchev–Trinajstić information content (AvgIpc) is 3.47. The fourth-order valence-corrected chi connectivity index (χ4v) is 4.66. The van der Waals surface area contributed by atoms with E-state index in [1.807, 2.05) is 43.3 Å². The van der Waals surface area contributed by atoms with E-state index in [4.69, 9.17) is 0 Å². The first kappa shape index (κ1) is 20.4. The third kappa shape index (κ3) is 3.47. The molecule has 2 aromatic carbocycles. The number of fused-ring (bicyclic) bond motifs is 2. The summed E-state index contributed by atoms with van der Waals surface area (Å²) in [5.41, 5.74) is 4.55. The molecule has 2 amide bonds. The molecule has 1 atom stereocenters. The maximum absolute atomic E-state index is 13.2. The molecule has 0 unspecified atom stereocenters. The van der Waals surface area contributed by atoms with Gasteiger partial charge >= 0.3 is 0 Å². The largest absolute Gasteiger partial charge is 0.355 e. The van der Waals surface area contributed by atoms with Crippen molar-refractivity contribution in [2.75, 3.05) is 18.4 Å². The molecule has 7 nitrogen and oxygen atoms in total. The van der Waals surface area contributed by atoms with Gasteiger partial charge in [0, 0.05) is 24.2 Å². The first-order valence-electron chi connectivity index (χ1n) is 10.6. The molecule has 1 saturated heterocycles. The molecule has 0 bridgehead atoms. The first-order valence-corrected chi connectivity index (χ1v) is 10.6. The van der Waals surface area contributed by atoms with Gasteiger partial charge in [-0.3, -0.25) is 14.7 Å². The summed E-state index contributed by atoms with van der Waals surface area (Å²) in [5.74, 6) is -0.703. The first-order chi connectivity index (χ1) is 15.4. The summed E-state index contributed by atoms with van der Waals surface area (Å²) in [5, 5.41) is 11.5. The minimum Gasteiger partial charge on any atom is -0.355 e. The van der Waals surface area contributed by atoms with Crippen LogP contribution in [0.15, 0.2) is 36.4 Å². The van der Waals surface area contributed by atoms with Crippen LogP contribution < -0.4 is 5.32 Å². The molecule has 0 radical (unpaired) electrons. The number of aryl methyl sites for hydroxylation is 1. The van der Waals surface area contributed by atoms with Crippen LogP contribution in [0, 0.1) is 6.92 Å². The van der Waals surface area contributed by atoms with Crippen molar-refractivity contribution in [2.24, 2.45) is 0 Å². The maximum atomic E-state index is 13.2. The minimum absolute atomic E-state index is 0.199. The number of anilines is 2. The number of halogens is 2. The molecule has 5 rings (SSSR count). The van der Waals surface area contributed by atoms with Crippen molar-refractivity contribution < 1.29 is 18.4 Å². The summed E-state index contributed by atoms with van der Waals surface area (Å²) in [6.45, 7) is 2.32. The van der Waals surface area contributed by atoms with E-state index in [0.29, 0.717) is 30.6 Å². The summed E-state index contributed by atoms with van der Waals surface area (Å²) in [6, 6.07) is 10.3. The number of likely N-dealkylation sites (tertiary alicyclic amines) is 1. The van der Waals surface area contributed by atoms with E-state index in [2.05, 4.69) is 15.5 Å². The fourth-order valence-electron chi connectivity index (χ4n) is 4.66.